The molecule has 0 unspecified atom stereocenters. The number of halogens is 4. The molecule has 3 rings (SSSR count). The Hall–Kier alpha value is -2.01. The molecule has 6 heteroatoms. The highest BCUT2D eigenvalue weighted by molar-refractivity contribution is 6.30. The number of hydrogen-bond acceptors (Lipinski definition) is 1. The van der Waals surface area contributed by atoms with E-state index in [0.717, 1.165) is 17.7 Å². The molecule has 2 heterocycles. The van der Waals surface area contributed by atoms with Gasteiger partial charge in [0.25, 0.3) is 0 Å². The fourth-order valence-corrected chi connectivity index (χ4v) is 2.04. The molecule has 2 nitrogen and oxygen atoms in total. The quantitative estimate of drug-likeness (QED) is 0.637. The molecule has 0 bridgehead atoms. The van der Waals surface area contributed by atoms with Gasteiger partial charge in [0.15, 0.2) is 0 Å². The molecule has 0 aliphatic carbocycles. The van der Waals surface area contributed by atoms with E-state index in [9.17, 15) is 13.2 Å². The summed E-state index contributed by atoms with van der Waals surface area (Å²) >= 11 is 5.80. The van der Waals surface area contributed by atoms with Gasteiger partial charge < -0.3 is 4.40 Å². The second-order valence-electron chi connectivity index (χ2n) is 4.31. The van der Waals surface area contributed by atoms with E-state index in [1.807, 2.05) is 0 Å². The summed E-state index contributed by atoms with van der Waals surface area (Å²) in [5.41, 5.74) is 0.940. The van der Waals surface area contributed by atoms with E-state index >= 15 is 0 Å². The van der Waals surface area contributed by atoms with Crippen LogP contribution >= 0.6 is 11.6 Å². The summed E-state index contributed by atoms with van der Waals surface area (Å²) in [6.07, 6.45) is -1.34. The van der Waals surface area contributed by atoms with Gasteiger partial charge in [0.05, 0.1) is 11.3 Å². The van der Waals surface area contributed by atoms with Crippen molar-refractivity contribution in [1.29, 1.82) is 0 Å². The zero-order valence-electron chi connectivity index (χ0n) is 10.0. The number of alkyl halides is 3. The Morgan fingerprint density at radius 3 is 2.40 bits per heavy atom. The van der Waals surface area contributed by atoms with E-state index in [2.05, 4.69) is 4.98 Å². The molecule has 3 aromatic rings. The Morgan fingerprint density at radius 2 is 1.75 bits per heavy atom. The van der Waals surface area contributed by atoms with Crippen LogP contribution in [0.2, 0.25) is 5.02 Å². The Bertz CT molecular complexity index is 760. The van der Waals surface area contributed by atoms with Crippen LogP contribution in [-0.2, 0) is 6.18 Å². The van der Waals surface area contributed by atoms with Crippen molar-refractivity contribution in [2.45, 2.75) is 6.18 Å². The predicted octanol–water partition coefficient (Wildman–Crippen LogP) is 4.67. The fourth-order valence-electron chi connectivity index (χ4n) is 1.92. The van der Waals surface area contributed by atoms with E-state index in [4.69, 9.17) is 11.6 Å². The minimum atomic E-state index is -4.37. The van der Waals surface area contributed by atoms with Gasteiger partial charge in [-0.3, -0.25) is 0 Å². The minimum Gasteiger partial charge on any atom is -0.306 e. The maximum atomic E-state index is 12.6. The van der Waals surface area contributed by atoms with Crippen LogP contribution in [0.25, 0.3) is 16.9 Å². The smallest absolute Gasteiger partial charge is 0.306 e. The topological polar surface area (TPSA) is 17.3 Å². The molecule has 102 valence electrons. The number of aromatic nitrogens is 2. The van der Waals surface area contributed by atoms with Gasteiger partial charge in [0, 0.05) is 23.0 Å². The number of nitrogens with zero attached hydrogens (tertiary/aromatic N) is 2. The van der Waals surface area contributed by atoms with Crippen molar-refractivity contribution in [3.8, 4) is 11.3 Å². The molecule has 1 aromatic carbocycles. The van der Waals surface area contributed by atoms with Crippen molar-refractivity contribution in [2.75, 3.05) is 0 Å². The SMILES string of the molecule is FC(F)(F)c1ccn2cc(-c3ccc(Cl)cc3)nc2c1. The van der Waals surface area contributed by atoms with E-state index in [0.29, 0.717) is 10.7 Å². The van der Waals surface area contributed by atoms with Crippen LogP contribution in [0.1, 0.15) is 5.56 Å². The van der Waals surface area contributed by atoms with Crippen LogP contribution in [0, 0.1) is 0 Å². The van der Waals surface area contributed by atoms with Gasteiger partial charge in [0.1, 0.15) is 5.65 Å². The molecule has 0 fully saturated rings. The van der Waals surface area contributed by atoms with Gasteiger partial charge in [-0.25, -0.2) is 4.98 Å². The first-order valence-electron chi connectivity index (χ1n) is 5.75. The van der Waals surface area contributed by atoms with Gasteiger partial charge in [-0.15, -0.1) is 0 Å². The second kappa shape index (κ2) is 4.52. The van der Waals surface area contributed by atoms with Crippen LogP contribution in [0.3, 0.4) is 0 Å². The van der Waals surface area contributed by atoms with E-state index in [1.54, 1.807) is 34.9 Å². The third-order valence-corrected chi connectivity index (χ3v) is 3.18. The third kappa shape index (κ3) is 2.36. The molecule has 0 aliphatic heterocycles. The normalized spacial score (nSPS) is 12.0. The highest BCUT2D eigenvalue weighted by atomic mass is 35.5. The largest absolute Gasteiger partial charge is 0.416 e. The molecule has 0 saturated heterocycles. The van der Waals surface area contributed by atoms with Crippen molar-refractivity contribution in [1.82, 2.24) is 9.38 Å². The Labute approximate surface area is 117 Å². The number of imidazole rings is 1. The molecule has 20 heavy (non-hydrogen) atoms. The maximum Gasteiger partial charge on any atom is 0.416 e. The summed E-state index contributed by atoms with van der Waals surface area (Å²) in [5, 5.41) is 0.594. The highest BCUT2D eigenvalue weighted by Gasteiger charge is 2.30. The van der Waals surface area contributed by atoms with Crippen molar-refractivity contribution in [3.63, 3.8) is 0 Å². The number of rotatable bonds is 1. The summed E-state index contributed by atoms with van der Waals surface area (Å²) in [6.45, 7) is 0. The van der Waals surface area contributed by atoms with E-state index in [1.165, 1.54) is 6.20 Å². The van der Waals surface area contributed by atoms with Crippen molar-refractivity contribution < 1.29 is 13.2 Å². The molecule has 0 radical (unpaired) electrons. The van der Waals surface area contributed by atoms with E-state index in [-0.39, 0.29) is 5.65 Å². The Balaban J connectivity index is 2.09. The van der Waals surface area contributed by atoms with Crippen LogP contribution in [0.15, 0.2) is 48.8 Å². The first-order chi connectivity index (χ1) is 9.43. The molecule has 2 aromatic heterocycles. The van der Waals surface area contributed by atoms with Gasteiger partial charge in [-0.05, 0) is 24.3 Å². The molecule has 0 saturated carbocycles. The predicted molar refractivity (Wildman–Crippen MR) is 70.6 cm³/mol. The van der Waals surface area contributed by atoms with Gasteiger partial charge in [-0.2, -0.15) is 13.2 Å². The number of hydrogen-bond donors (Lipinski definition) is 0. The highest BCUT2D eigenvalue weighted by Crippen LogP contribution is 2.30. The molecule has 0 spiro atoms. The Morgan fingerprint density at radius 1 is 1.05 bits per heavy atom. The molecular weight excluding hydrogens is 289 g/mol. The lowest BCUT2D eigenvalue weighted by Gasteiger charge is -2.05. The molecule has 0 amide bonds. The minimum absolute atomic E-state index is 0.254. The zero-order valence-corrected chi connectivity index (χ0v) is 10.8. The van der Waals surface area contributed by atoms with Gasteiger partial charge in [0.2, 0.25) is 0 Å². The fraction of sp³-hybridized carbons (Fsp3) is 0.0714. The lowest BCUT2D eigenvalue weighted by Crippen LogP contribution is -2.05. The summed E-state index contributed by atoms with van der Waals surface area (Å²) < 4.78 is 39.5. The van der Waals surface area contributed by atoms with Gasteiger partial charge in [-0.1, -0.05) is 23.7 Å². The lowest BCUT2D eigenvalue weighted by molar-refractivity contribution is -0.137. The van der Waals surface area contributed by atoms with Crippen LogP contribution < -0.4 is 0 Å². The van der Waals surface area contributed by atoms with E-state index < -0.39 is 11.7 Å². The summed E-state index contributed by atoms with van der Waals surface area (Å²) in [4.78, 5) is 4.21. The van der Waals surface area contributed by atoms with Crippen LogP contribution in [0.5, 0.6) is 0 Å². The summed E-state index contributed by atoms with van der Waals surface area (Å²) in [6, 6.07) is 9.02. The van der Waals surface area contributed by atoms with Gasteiger partial charge >= 0.3 is 6.18 Å². The molecule has 0 atom stereocenters. The standard InChI is InChI=1S/C14H8ClF3N2/c15-11-3-1-9(2-4-11)12-8-20-6-5-10(14(16,17)18)7-13(20)19-12/h1-8H. The summed E-state index contributed by atoms with van der Waals surface area (Å²) in [7, 11) is 0. The average Bonchev–Trinajstić information content (AvgIpc) is 2.81. The van der Waals surface area contributed by atoms with Crippen molar-refractivity contribution in [2.24, 2.45) is 0 Å². The molecule has 0 aliphatic rings. The third-order valence-electron chi connectivity index (χ3n) is 2.93. The number of benzene rings is 1. The number of pyridine rings is 1. The average molecular weight is 297 g/mol. The first-order valence-corrected chi connectivity index (χ1v) is 6.13. The van der Waals surface area contributed by atoms with Crippen LogP contribution in [0.4, 0.5) is 13.2 Å². The zero-order chi connectivity index (χ0) is 14.3. The Kier molecular flexibility index (Phi) is 2.94. The molecule has 0 N–H and O–H groups in total. The van der Waals surface area contributed by atoms with Crippen molar-refractivity contribution in [3.05, 3.63) is 59.4 Å². The molecular formula is C14H8ClF3N2. The second-order valence-corrected chi connectivity index (χ2v) is 4.75. The lowest BCUT2D eigenvalue weighted by atomic mass is 10.2. The summed E-state index contributed by atoms with van der Waals surface area (Å²) in [5.74, 6) is 0. The van der Waals surface area contributed by atoms with Crippen molar-refractivity contribution >= 4 is 17.2 Å². The monoisotopic (exact) mass is 296 g/mol. The number of fused-ring (bicyclic) bond motifs is 1. The first kappa shape index (κ1) is 13.0. The van der Waals surface area contributed by atoms with Crippen LogP contribution in [-0.4, -0.2) is 9.38 Å². The maximum absolute atomic E-state index is 12.6.